The summed E-state index contributed by atoms with van der Waals surface area (Å²) >= 11 is 0. The molecule has 0 N–H and O–H groups in total. The van der Waals surface area contributed by atoms with Gasteiger partial charge in [0.2, 0.25) is 0 Å². The Balaban J connectivity index is 1.98. The van der Waals surface area contributed by atoms with E-state index in [9.17, 15) is 9.18 Å². The zero-order chi connectivity index (χ0) is 15.5. The van der Waals surface area contributed by atoms with Gasteiger partial charge >= 0.3 is 0 Å². The van der Waals surface area contributed by atoms with E-state index >= 15 is 0 Å². The lowest BCUT2D eigenvalue weighted by Gasteiger charge is -2.42. The Hall–Kier alpha value is -2.20. The fraction of sp³-hybridized carbons (Fsp3) is 0.278. The van der Waals surface area contributed by atoms with Crippen LogP contribution in [0.3, 0.4) is 0 Å². The van der Waals surface area contributed by atoms with Gasteiger partial charge in [-0.2, -0.15) is 0 Å². The maximum atomic E-state index is 14.4. The van der Waals surface area contributed by atoms with Crippen LogP contribution in [-0.4, -0.2) is 37.9 Å². The number of aldehydes is 1. The highest BCUT2D eigenvalue weighted by atomic mass is 19.1. The van der Waals surface area contributed by atoms with E-state index in [0.29, 0.717) is 17.5 Å². The van der Waals surface area contributed by atoms with Gasteiger partial charge in [0.15, 0.2) is 0 Å². The van der Waals surface area contributed by atoms with E-state index in [2.05, 4.69) is 29.0 Å². The fourth-order valence-electron chi connectivity index (χ4n) is 3.00. The minimum Gasteiger partial charge on any atom is -0.360 e. The van der Waals surface area contributed by atoms with Gasteiger partial charge in [0.25, 0.3) is 0 Å². The van der Waals surface area contributed by atoms with Crippen LogP contribution >= 0.6 is 0 Å². The van der Waals surface area contributed by atoms with Crippen molar-refractivity contribution in [1.82, 2.24) is 4.90 Å². The number of rotatable bonds is 3. The molecule has 0 amide bonds. The molecule has 0 bridgehead atoms. The van der Waals surface area contributed by atoms with Crippen LogP contribution in [-0.2, 0) is 0 Å². The second kappa shape index (κ2) is 6.28. The standard InChI is InChI=1S/C18H19FN2O/c1-20-9-10-21(17-8-7-14(13-22)11-16(17)19)18(12-20)15-5-3-2-4-6-15/h2-8,11,13,18H,9-10,12H2,1H3. The summed E-state index contributed by atoms with van der Waals surface area (Å²) in [5.74, 6) is -0.338. The highest BCUT2D eigenvalue weighted by Gasteiger charge is 2.28. The minimum atomic E-state index is -0.338. The number of hydrogen-bond acceptors (Lipinski definition) is 3. The number of carbonyl (C=O) groups excluding carboxylic acids is 1. The molecule has 1 fully saturated rings. The Morgan fingerprint density at radius 2 is 1.91 bits per heavy atom. The number of carbonyl (C=O) groups is 1. The molecule has 114 valence electrons. The molecule has 0 saturated carbocycles. The maximum absolute atomic E-state index is 14.4. The van der Waals surface area contributed by atoms with Gasteiger partial charge in [-0.25, -0.2) is 4.39 Å². The SMILES string of the molecule is CN1CCN(c2ccc(C=O)cc2F)C(c2ccccc2)C1. The highest BCUT2D eigenvalue weighted by molar-refractivity contribution is 5.76. The third kappa shape index (κ3) is 2.88. The number of likely N-dealkylation sites (N-methyl/N-ethyl adjacent to an activating group) is 1. The highest BCUT2D eigenvalue weighted by Crippen LogP contribution is 2.32. The van der Waals surface area contributed by atoms with E-state index in [0.717, 1.165) is 19.6 Å². The van der Waals surface area contributed by atoms with Crippen molar-refractivity contribution in [2.45, 2.75) is 6.04 Å². The molecular weight excluding hydrogens is 279 g/mol. The normalized spacial score (nSPS) is 19.2. The summed E-state index contributed by atoms with van der Waals surface area (Å²) in [5.41, 5.74) is 2.10. The smallest absolute Gasteiger partial charge is 0.150 e. The third-order valence-electron chi connectivity index (χ3n) is 4.19. The topological polar surface area (TPSA) is 23.6 Å². The minimum absolute atomic E-state index is 0.108. The molecular formula is C18H19FN2O. The van der Waals surface area contributed by atoms with E-state index in [4.69, 9.17) is 0 Å². The van der Waals surface area contributed by atoms with Crippen molar-refractivity contribution < 1.29 is 9.18 Å². The van der Waals surface area contributed by atoms with Crippen molar-refractivity contribution in [3.63, 3.8) is 0 Å². The van der Waals surface area contributed by atoms with E-state index in [-0.39, 0.29) is 11.9 Å². The summed E-state index contributed by atoms with van der Waals surface area (Å²) in [4.78, 5) is 15.1. The molecule has 1 aliphatic rings. The van der Waals surface area contributed by atoms with Gasteiger partial charge in [-0.3, -0.25) is 4.79 Å². The summed E-state index contributed by atoms with van der Waals surface area (Å²) in [7, 11) is 2.08. The number of halogens is 1. The molecule has 1 atom stereocenters. The molecule has 3 rings (SSSR count). The molecule has 4 heteroatoms. The molecule has 3 nitrogen and oxygen atoms in total. The first kappa shape index (κ1) is 14.7. The van der Waals surface area contributed by atoms with Crippen LogP contribution in [0, 0.1) is 5.82 Å². The number of piperazine rings is 1. The second-order valence-corrected chi connectivity index (χ2v) is 5.71. The van der Waals surface area contributed by atoms with Gasteiger partial charge in [-0.1, -0.05) is 30.3 Å². The molecule has 2 aromatic rings. The first-order valence-corrected chi connectivity index (χ1v) is 7.44. The van der Waals surface area contributed by atoms with E-state index < -0.39 is 0 Å². The summed E-state index contributed by atoms with van der Waals surface area (Å²) in [6.45, 7) is 2.49. The molecule has 1 unspecified atom stereocenters. The number of nitrogens with zero attached hydrogens (tertiary/aromatic N) is 2. The van der Waals surface area contributed by atoms with Gasteiger partial charge in [0.05, 0.1) is 11.7 Å². The summed E-state index contributed by atoms with van der Waals surface area (Å²) in [6, 6.07) is 15.0. The van der Waals surface area contributed by atoms with E-state index in [1.807, 2.05) is 18.2 Å². The van der Waals surface area contributed by atoms with Crippen LogP contribution < -0.4 is 4.90 Å². The van der Waals surface area contributed by atoms with Crippen molar-refractivity contribution in [1.29, 1.82) is 0 Å². The molecule has 1 aliphatic heterocycles. The Labute approximate surface area is 130 Å². The van der Waals surface area contributed by atoms with Crippen molar-refractivity contribution in [2.24, 2.45) is 0 Å². The average molecular weight is 298 g/mol. The van der Waals surface area contributed by atoms with Crippen LogP contribution in [0.2, 0.25) is 0 Å². The van der Waals surface area contributed by atoms with Gasteiger partial charge in [-0.15, -0.1) is 0 Å². The lowest BCUT2D eigenvalue weighted by Crippen LogP contribution is -2.47. The van der Waals surface area contributed by atoms with Crippen molar-refractivity contribution in [3.8, 4) is 0 Å². The van der Waals surface area contributed by atoms with Crippen molar-refractivity contribution in [3.05, 3.63) is 65.5 Å². The Morgan fingerprint density at radius 3 is 2.59 bits per heavy atom. The quantitative estimate of drug-likeness (QED) is 0.813. The van der Waals surface area contributed by atoms with Crippen LogP contribution in [0.25, 0.3) is 0 Å². The Kier molecular flexibility index (Phi) is 4.20. The largest absolute Gasteiger partial charge is 0.360 e. The molecule has 1 saturated heterocycles. The Bertz CT molecular complexity index is 659. The predicted octanol–water partition coefficient (Wildman–Crippen LogP) is 3.13. The van der Waals surface area contributed by atoms with E-state index in [1.54, 1.807) is 12.1 Å². The number of hydrogen-bond donors (Lipinski definition) is 0. The lowest BCUT2D eigenvalue weighted by molar-refractivity contribution is 0.112. The lowest BCUT2D eigenvalue weighted by atomic mass is 10.0. The summed E-state index contributed by atoms with van der Waals surface area (Å²) < 4.78 is 14.4. The van der Waals surface area contributed by atoms with Gasteiger partial charge in [0, 0.05) is 25.2 Å². The van der Waals surface area contributed by atoms with Crippen molar-refractivity contribution in [2.75, 3.05) is 31.6 Å². The number of anilines is 1. The number of benzene rings is 2. The summed E-state index contributed by atoms with van der Waals surface area (Å²) in [6.07, 6.45) is 0.672. The summed E-state index contributed by atoms with van der Waals surface area (Å²) in [5, 5.41) is 0. The van der Waals surface area contributed by atoms with Gasteiger partial charge in [0.1, 0.15) is 12.1 Å². The predicted molar refractivity (Wildman–Crippen MR) is 85.8 cm³/mol. The molecule has 0 aliphatic carbocycles. The molecule has 0 radical (unpaired) electrons. The van der Waals surface area contributed by atoms with Crippen LogP contribution in [0.5, 0.6) is 0 Å². The molecule has 2 aromatic carbocycles. The maximum Gasteiger partial charge on any atom is 0.150 e. The molecule has 22 heavy (non-hydrogen) atoms. The van der Waals surface area contributed by atoms with Gasteiger partial charge < -0.3 is 9.80 Å². The first-order valence-electron chi connectivity index (χ1n) is 7.44. The first-order chi connectivity index (χ1) is 10.7. The zero-order valence-electron chi connectivity index (χ0n) is 12.6. The molecule has 0 spiro atoms. The van der Waals surface area contributed by atoms with E-state index in [1.165, 1.54) is 11.6 Å². The fourth-order valence-corrected chi connectivity index (χ4v) is 3.00. The van der Waals surface area contributed by atoms with Gasteiger partial charge in [-0.05, 0) is 30.8 Å². The Morgan fingerprint density at radius 1 is 1.14 bits per heavy atom. The second-order valence-electron chi connectivity index (χ2n) is 5.71. The van der Waals surface area contributed by atoms with Crippen LogP contribution in [0.4, 0.5) is 10.1 Å². The average Bonchev–Trinajstić information content (AvgIpc) is 2.56. The van der Waals surface area contributed by atoms with Crippen LogP contribution in [0.1, 0.15) is 22.0 Å². The zero-order valence-corrected chi connectivity index (χ0v) is 12.6. The molecule has 1 heterocycles. The third-order valence-corrected chi connectivity index (χ3v) is 4.19. The molecule has 0 aromatic heterocycles. The van der Waals surface area contributed by atoms with Crippen LogP contribution in [0.15, 0.2) is 48.5 Å². The monoisotopic (exact) mass is 298 g/mol. The van der Waals surface area contributed by atoms with Crippen molar-refractivity contribution >= 4 is 12.0 Å².